The van der Waals surface area contributed by atoms with Crippen molar-refractivity contribution < 1.29 is 0 Å². The molecule has 2 rings (SSSR count). The third-order valence-electron chi connectivity index (χ3n) is 3.29. The van der Waals surface area contributed by atoms with Crippen LogP contribution in [-0.2, 0) is 6.54 Å². The highest BCUT2D eigenvalue weighted by Crippen LogP contribution is 2.22. The second kappa shape index (κ2) is 6.01. The summed E-state index contributed by atoms with van der Waals surface area (Å²) in [4.78, 5) is 2.58. The molecule has 16 heavy (non-hydrogen) atoms. The van der Waals surface area contributed by atoms with Crippen molar-refractivity contribution in [2.45, 2.75) is 36.7 Å². The third-order valence-corrected chi connectivity index (χ3v) is 4.01. The van der Waals surface area contributed by atoms with Gasteiger partial charge in [0.25, 0.3) is 0 Å². The van der Waals surface area contributed by atoms with Crippen LogP contribution in [0, 0.1) is 0 Å². The molecular weight excluding hydrogens is 309 g/mol. The predicted octanol–water partition coefficient (Wildman–Crippen LogP) is 4.17. The second-order valence-corrected chi connectivity index (χ2v) is 6.56. The fourth-order valence-electron chi connectivity index (χ4n) is 2.26. The lowest BCUT2D eigenvalue weighted by Gasteiger charge is -2.26. The molecule has 1 heterocycles. The van der Waals surface area contributed by atoms with Crippen LogP contribution in [0.3, 0.4) is 0 Å². The van der Waals surface area contributed by atoms with Gasteiger partial charge in [0.15, 0.2) is 0 Å². The summed E-state index contributed by atoms with van der Waals surface area (Å²) in [6, 6.07) is 9.13. The van der Waals surface area contributed by atoms with Gasteiger partial charge in [0, 0.05) is 10.5 Å². The molecule has 0 aromatic heterocycles. The first kappa shape index (κ1) is 12.4. The van der Waals surface area contributed by atoms with Gasteiger partial charge < -0.3 is 0 Å². The van der Waals surface area contributed by atoms with Gasteiger partial charge in [0.1, 0.15) is 0 Å². The first-order chi connectivity index (χ1) is 7.75. The molecule has 88 valence electrons. The third kappa shape index (κ3) is 3.45. The minimum atomic E-state index is 0.613. The van der Waals surface area contributed by atoms with E-state index in [0.29, 0.717) is 3.92 Å². The van der Waals surface area contributed by atoms with Crippen LogP contribution in [0.25, 0.3) is 0 Å². The normalized spacial score (nSPS) is 19.6. The Labute approximate surface area is 112 Å². The van der Waals surface area contributed by atoms with Crippen LogP contribution >= 0.6 is 22.6 Å². The molecule has 1 nitrogen and oxygen atoms in total. The first-order valence-corrected chi connectivity index (χ1v) is 7.45. The smallest absolute Gasteiger partial charge is 0.0331 e. The van der Waals surface area contributed by atoms with E-state index in [9.17, 15) is 0 Å². The van der Waals surface area contributed by atoms with E-state index < -0.39 is 0 Å². The van der Waals surface area contributed by atoms with Crippen LogP contribution in [-0.4, -0.2) is 18.0 Å². The Kier molecular flexibility index (Phi) is 4.65. The molecule has 1 aliphatic heterocycles. The zero-order chi connectivity index (χ0) is 11.4. The lowest BCUT2D eigenvalue weighted by Crippen LogP contribution is -2.29. The van der Waals surface area contributed by atoms with Crippen LogP contribution < -0.4 is 0 Å². The minimum Gasteiger partial charge on any atom is -0.299 e. The summed E-state index contributed by atoms with van der Waals surface area (Å²) in [7, 11) is 0. The highest BCUT2D eigenvalue weighted by Gasteiger charge is 2.10. The molecular formula is C14H20IN. The molecule has 1 aromatic rings. The van der Waals surface area contributed by atoms with Crippen LogP contribution in [0.5, 0.6) is 0 Å². The number of hydrogen-bond donors (Lipinski definition) is 0. The van der Waals surface area contributed by atoms with Gasteiger partial charge in [0.05, 0.1) is 0 Å². The van der Waals surface area contributed by atoms with Gasteiger partial charge in [0.2, 0.25) is 0 Å². The van der Waals surface area contributed by atoms with Crippen molar-refractivity contribution in [1.29, 1.82) is 0 Å². The second-order valence-electron chi connectivity index (χ2n) is 4.69. The maximum absolute atomic E-state index is 2.58. The first-order valence-electron chi connectivity index (χ1n) is 6.21. The van der Waals surface area contributed by atoms with Crippen molar-refractivity contribution in [1.82, 2.24) is 4.90 Å². The standard InChI is InChI=1S/C14H20IN/c1-12(15)14-7-5-13(6-8-14)11-16-9-3-2-4-10-16/h5-8,12H,2-4,9-11H2,1H3. The number of piperidine rings is 1. The van der Waals surface area contributed by atoms with Crippen molar-refractivity contribution >= 4 is 22.6 Å². The Bertz CT molecular complexity index is 312. The van der Waals surface area contributed by atoms with Gasteiger partial charge in [-0.1, -0.05) is 53.3 Å². The molecule has 1 fully saturated rings. The number of alkyl halides is 1. The Hall–Kier alpha value is -0.0900. The lowest BCUT2D eigenvalue weighted by atomic mass is 10.1. The molecule has 0 radical (unpaired) electrons. The summed E-state index contributed by atoms with van der Waals surface area (Å²) in [5.41, 5.74) is 2.89. The zero-order valence-corrected chi connectivity index (χ0v) is 12.1. The Morgan fingerprint density at radius 1 is 1.12 bits per heavy atom. The molecule has 1 aliphatic rings. The summed E-state index contributed by atoms with van der Waals surface area (Å²) in [5, 5.41) is 0. The topological polar surface area (TPSA) is 3.24 Å². The molecule has 0 spiro atoms. The van der Waals surface area contributed by atoms with Crippen LogP contribution in [0.15, 0.2) is 24.3 Å². The monoisotopic (exact) mass is 329 g/mol. The van der Waals surface area contributed by atoms with E-state index in [-0.39, 0.29) is 0 Å². The summed E-state index contributed by atoms with van der Waals surface area (Å²) in [6.45, 7) is 5.94. The van der Waals surface area contributed by atoms with Gasteiger partial charge in [-0.05, 0) is 44.0 Å². The van der Waals surface area contributed by atoms with E-state index in [2.05, 4.69) is 58.7 Å². The van der Waals surface area contributed by atoms with Crippen LogP contribution in [0.1, 0.15) is 41.2 Å². The van der Waals surface area contributed by atoms with Gasteiger partial charge in [-0.3, -0.25) is 4.90 Å². The Morgan fingerprint density at radius 3 is 2.31 bits per heavy atom. The molecule has 0 amide bonds. The summed E-state index contributed by atoms with van der Waals surface area (Å²) < 4.78 is 0.613. The minimum absolute atomic E-state index is 0.613. The maximum atomic E-state index is 2.58. The molecule has 0 aliphatic carbocycles. The lowest BCUT2D eigenvalue weighted by molar-refractivity contribution is 0.221. The van der Waals surface area contributed by atoms with E-state index in [1.165, 1.54) is 43.5 Å². The number of nitrogens with zero attached hydrogens (tertiary/aromatic N) is 1. The average Bonchev–Trinajstić information content (AvgIpc) is 2.31. The molecule has 0 saturated carbocycles. The predicted molar refractivity (Wildman–Crippen MR) is 78.0 cm³/mol. The van der Waals surface area contributed by atoms with E-state index in [1.54, 1.807) is 0 Å². The van der Waals surface area contributed by atoms with Gasteiger partial charge in [-0.15, -0.1) is 0 Å². The summed E-state index contributed by atoms with van der Waals surface area (Å²) in [5.74, 6) is 0. The zero-order valence-electron chi connectivity index (χ0n) is 9.95. The SMILES string of the molecule is CC(I)c1ccc(CN2CCCCC2)cc1. The van der Waals surface area contributed by atoms with E-state index in [4.69, 9.17) is 0 Å². The number of likely N-dealkylation sites (tertiary alicyclic amines) is 1. The quantitative estimate of drug-likeness (QED) is 0.594. The Morgan fingerprint density at radius 2 is 1.75 bits per heavy atom. The molecule has 1 unspecified atom stereocenters. The van der Waals surface area contributed by atoms with Crippen LogP contribution in [0.2, 0.25) is 0 Å². The van der Waals surface area contributed by atoms with Crippen molar-refractivity contribution in [2.75, 3.05) is 13.1 Å². The van der Waals surface area contributed by atoms with E-state index >= 15 is 0 Å². The molecule has 1 saturated heterocycles. The van der Waals surface area contributed by atoms with Crippen molar-refractivity contribution in [3.8, 4) is 0 Å². The van der Waals surface area contributed by atoms with Crippen molar-refractivity contribution in [3.63, 3.8) is 0 Å². The van der Waals surface area contributed by atoms with Crippen molar-refractivity contribution in [3.05, 3.63) is 35.4 Å². The number of hydrogen-bond acceptors (Lipinski definition) is 1. The molecule has 2 heteroatoms. The molecule has 0 bridgehead atoms. The fraction of sp³-hybridized carbons (Fsp3) is 0.571. The summed E-state index contributed by atoms with van der Waals surface area (Å²) in [6.07, 6.45) is 4.17. The van der Waals surface area contributed by atoms with E-state index in [1.807, 2.05) is 0 Å². The number of rotatable bonds is 3. The van der Waals surface area contributed by atoms with Gasteiger partial charge >= 0.3 is 0 Å². The highest BCUT2D eigenvalue weighted by atomic mass is 127. The Balaban J connectivity index is 1.93. The molecule has 1 atom stereocenters. The van der Waals surface area contributed by atoms with Crippen molar-refractivity contribution in [2.24, 2.45) is 0 Å². The fourth-order valence-corrected chi connectivity index (χ4v) is 2.68. The van der Waals surface area contributed by atoms with Gasteiger partial charge in [-0.2, -0.15) is 0 Å². The molecule has 0 N–H and O–H groups in total. The van der Waals surface area contributed by atoms with Crippen LogP contribution in [0.4, 0.5) is 0 Å². The summed E-state index contributed by atoms with van der Waals surface area (Å²) >= 11 is 2.46. The maximum Gasteiger partial charge on any atom is 0.0331 e. The van der Waals surface area contributed by atoms with Gasteiger partial charge in [-0.25, -0.2) is 0 Å². The largest absolute Gasteiger partial charge is 0.299 e. The number of halogens is 1. The highest BCUT2D eigenvalue weighted by molar-refractivity contribution is 14.1. The molecule has 1 aromatic carbocycles. The number of benzene rings is 1. The average molecular weight is 329 g/mol. The van der Waals surface area contributed by atoms with E-state index in [0.717, 1.165) is 6.54 Å².